The normalized spacial score (nSPS) is 12.2. The van der Waals surface area contributed by atoms with E-state index in [0.29, 0.717) is 18.9 Å². The summed E-state index contributed by atoms with van der Waals surface area (Å²) in [5.74, 6) is 0.608. The van der Waals surface area contributed by atoms with E-state index in [-0.39, 0.29) is 5.92 Å². The molecule has 0 spiro atoms. The second-order valence-electron chi connectivity index (χ2n) is 6.34. The molecule has 1 rings (SSSR count). The van der Waals surface area contributed by atoms with Gasteiger partial charge in [-0.25, -0.2) is 0 Å². The Bertz CT molecular complexity index is 502. The average molecular weight is 337 g/mol. The van der Waals surface area contributed by atoms with Gasteiger partial charge in [-0.1, -0.05) is 46.1 Å². The van der Waals surface area contributed by atoms with Gasteiger partial charge in [0.25, 0.3) is 0 Å². The summed E-state index contributed by atoms with van der Waals surface area (Å²) < 4.78 is 11.2. The zero-order chi connectivity index (χ0) is 17.9. The summed E-state index contributed by atoms with van der Waals surface area (Å²) in [5.41, 5.74) is 0.970. The predicted molar refractivity (Wildman–Crippen MR) is 95.7 cm³/mol. The van der Waals surface area contributed by atoms with Gasteiger partial charge in [-0.3, -0.25) is 4.79 Å². The minimum absolute atomic E-state index is 0.0233. The Kier molecular flexibility index (Phi) is 9.23. The lowest BCUT2D eigenvalue weighted by Crippen LogP contribution is -2.40. The molecule has 1 aromatic carbocycles. The first kappa shape index (κ1) is 20.3. The summed E-state index contributed by atoms with van der Waals surface area (Å²) in [7, 11) is 1.62. The Morgan fingerprint density at radius 2 is 1.96 bits per heavy atom. The van der Waals surface area contributed by atoms with Crippen molar-refractivity contribution in [2.45, 2.75) is 59.0 Å². The van der Waals surface area contributed by atoms with Gasteiger partial charge in [0.1, 0.15) is 6.04 Å². The molecule has 0 aliphatic carbocycles. The molecule has 2 N–H and O–H groups in total. The van der Waals surface area contributed by atoms with Crippen LogP contribution in [0.15, 0.2) is 18.2 Å². The van der Waals surface area contributed by atoms with Crippen LogP contribution in [0.4, 0.5) is 0 Å². The van der Waals surface area contributed by atoms with Gasteiger partial charge < -0.3 is 19.9 Å². The second-order valence-corrected chi connectivity index (χ2v) is 6.34. The zero-order valence-electron chi connectivity index (χ0n) is 15.3. The minimum atomic E-state index is -0.830. The lowest BCUT2D eigenvalue weighted by Gasteiger charge is -2.18. The fraction of sp³-hybridized carbons (Fsp3) is 0.632. The van der Waals surface area contributed by atoms with Gasteiger partial charge in [-0.05, 0) is 30.0 Å². The first-order chi connectivity index (χ1) is 11.5. The summed E-state index contributed by atoms with van der Waals surface area (Å²) in [4.78, 5) is 11.2. The number of carbonyl (C=O) groups is 1. The van der Waals surface area contributed by atoms with Gasteiger partial charge in [0, 0.05) is 6.54 Å². The molecular weight excluding hydrogens is 306 g/mol. The number of ether oxygens (including phenoxy) is 2. The van der Waals surface area contributed by atoms with Crippen LogP contribution < -0.4 is 14.8 Å². The Morgan fingerprint density at radius 3 is 2.54 bits per heavy atom. The molecular formula is C19H31NO4. The van der Waals surface area contributed by atoms with Crippen LogP contribution in [0.3, 0.4) is 0 Å². The van der Waals surface area contributed by atoms with Gasteiger partial charge >= 0.3 is 5.97 Å². The molecule has 0 aliphatic heterocycles. The molecule has 0 fully saturated rings. The molecule has 0 amide bonds. The predicted octanol–water partition coefficient (Wildman–Crippen LogP) is 3.85. The number of unbranched alkanes of at least 4 members (excludes halogenated alkanes) is 3. The van der Waals surface area contributed by atoms with Crippen molar-refractivity contribution in [2.24, 2.45) is 5.92 Å². The number of hydrogen-bond donors (Lipinski definition) is 2. The Balaban J connectivity index is 2.60. The van der Waals surface area contributed by atoms with Crippen LogP contribution in [0, 0.1) is 5.92 Å². The van der Waals surface area contributed by atoms with E-state index in [4.69, 9.17) is 9.47 Å². The Hall–Kier alpha value is -1.75. The molecule has 5 nitrogen and oxygen atoms in total. The lowest BCUT2D eigenvalue weighted by molar-refractivity contribution is -0.140. The smallest absolute Gasteiger partial charge is 0.320 e. The summed E-state index contributed by atoms with van der Waals surface area (Å²) in [6.07, 6.45) is 4.64. The molecule has 0 bridgehead atoms. The quantitative estimate of drug-likeness (QED) is 0.567. The van der Waals surface area contributed by atoms with Gasteiger partial charge in [-0.2, -0.15) is 0 Å². The van der Waals surface area contributed by atoms with E-state index in [1.165, 1.54) is 19.3 Å². The number of rotatable bonds is 12. The molecule has 0 aromatic heterocycles. The van der Waals surface area contributed by atoms with Gasteiger partial charge in [0.05, 0.1) is 13.7 Å². The van der Waals surface area contributed by atoms with E-state index in [1.807, 2.05) is 32.0 Å². The van der Waals surface area contributed by atoms with Crippen molar-refractivity contribution in [1.29, 1.82) is 0 Å². The fourth-order valence-electron chi connectivity index (χ4n) is 2.49. The zero-order valence-corrected chi connectivity index (χ0v) is 15.3. The van der Waals surface area contributed by atoms with Crippen molar-refractivity contribution in [3.05, 3.63) is 23.8 Å². The van der Waals surface area contributed by atoms with Crippen LogP contribution in [-0.4, -0.2) is 30.8 Å². The maximum Gasteiger partial charge on any atom is 0.320 e. The second kappa shape index (κ2) is 10.9. The number of carboxylic acid groups (broad SMARTS) is 1. The van der Waals surface area contributed by atoms with Crippen molar-refractivity contribution >= 4 is 5.97 Å². The first-order valence-corrected chi connectivity index (χ1v) is 8.75. The molecule has 0 radical (unpaired) electrons. The summed E-state index contributed by atoms with van der Waals surface area (Å²) in [6.45, 7) is 7.12. The molecule has 1 atom stereocenters. The third-order valence-electron chi connectivity index (χ3n) is 3.94. The van der Waals surface area contributed by atoms with E-state index >= 15 is 0 Å². The number of hydrogen-bond acceptors (Lipinski definition) is 4. The molecule has 5 heteroatoms. The highest BCUT2D eigenvalue weighted by Gasteiger charge is 2.20. The van der Waals surface area contributed by atoms with Crippen LogP contribution in [-0.2, 0) is 11.3 Å². The summed E-state index contributed by atoms with van der Waals surface area (Å²) >= 11 is 0. The minimum Gasteiger partial charge on any atom is -0.493 e. The topological polar surface area (TPSA) is 67.8 Å². The molecule has 136 valence electrons. The molecule has 0 aliphatic rings. The number of nitrogens with one attached hydrogen (secondary N) is 1. The van der Waals surface area contributed by atoms with Crippen LogP contribution in [0.2, 0.25) is 0 Å². The Labute approximate surface area is 145 Å². The van der Waals surface area contributed by atoms with Gasteiger partial charge in [0.2, 0.25) is 0 Å². The number of benzene rings is 1. The number of carboxylic acids is 1. The standard InChI is InChI=1S/C19H31NO4/c1-5-6-7-8-11-24-16-10-9-15(12-17(16)23-4)13-20-18(14(2)3)19(21)22/h9-10,12,14,18,20H,5-8,11,13H2,1-4H3,(H,21,22)/t18-/m1/s1. The highest BCUT2D eigenvalue weighted by Crippen LogP contribution is 2.28. The van der Waals surface area contributed by atoms with E-state index < -0.39 is 12.0 Å². The number of methoxy groups -OCH3 is 1. The Morgan fingerprint density at radius 1 is 1.21 bits per heavy atom. The highest BCUT2D eigenvalue weighted by atomic mass is 16.5. The van der Waals surface area contributed by atoms with Crippen molar-refractivity contribution in [2.75, 3.05) is 13.7 Å². The highest BCUT2D eigenvalue weighted by molar-refractivity contribution is 5.73. The molecule has 0 unspecified atom stereocenters. The average Bonchev–Trinajstić information content (AvgIpc) is 2.54. The molecule has 1 aromatic rings. The van der Waals surface area contributed by atoms with Crippen molar-refractivity contribution < 1.29 is 19.4 Å². The van der Waals surface area contributed by atoms with Crippen LogP contribution in [0.1, 0.15) is 52.0 Å². The van der Waals surface area contributed by atoms with Crippen LogP contribution in [0.5, 0.6) is 11.5 Å². The van der Waals surface area contributed by atoms with Gasteiger partial charge in [0.15, 0.2) is 11.5 Å². The molecule has 0 saturated carbocycles. The lowest BCUT2D eigenvalue weighted by atomic mass is 10.0. The first-order valence-electron chi connectivity index (χ1n) is 8.75. The summed E-state index contributed by atoms with van der Waals surface area (Å²) in [5, 5.41) is 12.3. The van der Waals surface area contributed by atoms with Crippen molar-refractivity contribution in [3.63, 3.8) is 0 Å². The van der Waals surface area contributed by atoms with E-state index in [9.17, 15) is 9.90 Å². The van der Waals surface area contributed by atoms with Gasteiger partial charge in [-0.15, -0.1) is 0 Å². The van der Waals surface area contributed by atoms with E-state index in [0.717, 1.165) is 17.7 Å². The molecule has 0 saturated heterocycles. The van der Waals surface area contributed by atoms with Crippen molar-refractivity contribution in [3.8, 4) is 11.5 Å². The SMILES string of the molecule is CCCCCCOc1ccc(CN[C@@H](C(=O)O)C(C)C)cc1OC. The van der Waals surface area contributed by atoms with E-state index in [1.54, 1.807) is 7.11 Å². The third-order valence-corrected chi connectivity index (χ3v) is 3.94. The van der Waals surface area contributed by atoms with Crippen LogP contribution in [0.25, 0.3) is 0 Å². The number of aliphatic carboxylic acids is 1. The fourth-order valence-corrected chi connectivity index (χ4v) is 2.49. The van der Waals surface area contributed by atoms with E-state index in [2.05, 4.69) is 12.2 Å². The largest absolute Gasteiger partial charge is 0.493 e. The van der Waals surface area contributed by atoms with Crippen molar-refractivity contribution in [1.82, 2.24) is 5.32 Å². The van der Waals surface area contributed by atoms with Crippen LogP contribution >= 0.6 is 0 Å². The monoisotopic (exact) mass is 337 g/mol. The maximum absolute atomic E-state index is 11.2. The maximum atomic E-state index is 11.2. The third kappa shape index (κ3) is 6.79. The molecule has 24 heavy (non-hydrogen) atoms. The summed E-state index contributed by atoms with van der Waals surface area (Å²) in [6, 6.07) is 5.16. The molecule has 0 heterocycles.